The summed E-state index contributed by atoms with van der Waals surface area (Å²) in [5, 5.41) is 4.26. The van der Waals surface area contributed by atoms with Crippen LogP contribution < -0.4 is 5.32 Å². The Morgan fingerprint density at radius 2 is 2.22 bits per heavy atom. The topological polar surface area (TPSA) is 21.3 Å². The van der Waals surface area contributed by atoms with Crippen LogP contribution in [0.15, 0.2) is 24.3 Å². The fourth-order valence-electron chi connectivity index (χ4n) is 2.14. The van der Waals surface area contributed by atoms with Gasteiger partial charge in [-0.05, 0) is 56.0 Å². The van der Waals surface area contributed by atoms with Crippen molar-refractivity contribution in [3.8, 4) is 0 Å². The molecule has 0 fully saturated rings. The van der Waals surface area contributed by atoms with E-state index in [1.165, 1.54) is 12.0 Å². The summed E-state index contributed by atoms with van der Waals surface area (Å²) in [5.41, 5.74) is 1.32. The quantitative estimate of drug-likeness (QED) is 0.693. The first-order valence-electron chi connectivity index (χ1n) is 6.70. The van der Waals surface area contributed by atoms with Crippen molar-refractivity contribution >= 4 is 11.6 Å². The molecule has 0 aliphatic carbocycles. The van der Waals surface area contributed by atoms with Crippen molar-refractivity contribution in [3.05, 3.63) is 34.9 Å². The number of benzene rings is 1. The van der Waals surface area contributed by atoms with Crippen LogP contribution in [0.25, 0.3) is 0 Å². The molecular weight excluding hydrogens is 246 g/mol. The standard InChI is InChI=1S/C15H24ClNO/c1-3-17-12-14(7-5-9-18-2)10-13-6-4-8-15(16)11-13/h4,6,8,11,14,17H,3,5,7,9-10,12H2,1-2H3. The van der Waals surface area contributed by atoms with Crippen molar-refractivity contribution < 1.29 is 4.74 Å². The van der Waals surface area contributed by atoms with Crippen LogP contribution in [0.4, 0.5) is 0 Å². The highest BCUT2D eigenvalue weighted by Crippen LogP contribution is 2.17. The maximum atomic E-state index is 6.02. The van der Waals surface area contributed by atoms with Gasteiger partial charge in [-0.2, -0.15) is 0 Å². The molecule has 1 aromatic carbocycles. The second-order valence-corrected chi connectivity index (χ2v) is 5.08. The van der Waals surface area contributed by atoms with Crippen LogP contribution in [0.5, 0.6) is 0 Å². The van der Waals surface area contributed by atoms with Crippen molar-refractivity contribution in [2.45, 2.75) is 26.2 Å². The Morgan fingerprint density at radius 3 is 2.89 bits per heavy atom. The molecule has 1 atom stereocenters. The van der Waals surface area contributed by atoms with Gasteiger partial charge >= 0.3 is 0 Å². The van der Waals surface area contributed by atoms with Crippen molar-refractivity contribution in [1.29, 1.82) is 0 Å². The van der Waals surface area contributed by atoms with Gasteiger partial charge in [-0.1, -0.05) is 30.7 Å². The molecule has 18 heavy (non-hydrogen) atoms. The lowest BCUT2D eigenvalue weighted by Gasteiger charge is -2.17. The van der Waals surface area contributed by atoms with Crippen molar-refractivity contribution in [3.63, 3.8) is 0 Å². The molecule has 0 aliphatic heterocycles. The molecule has 0 aliphatic rings. The molecule has 1 unspecified atom stereocenters. The molecule has 1 rings (SSSR count). The molecule has 1 N–H and O–H groups in total. The highest BCUT2D eigenvalue weighted by molar-refractivity contribution is 6.30. The number of rotatable bonds is 9. The van der Waals surface area contributed by atoms with Crippen LogP contribution in [0.3, 0.4) is 0 Å². The molecule has 0 radical (unpaired) electrons. The summed E-state index contributed by atoms with van der Waals surface area (Å²) in [4.78, 5) is 0. The van der Waals surface area contributed by atoms with Gasteiger partial charge in [-0.25, -0.2) is 0 Å². The van der Waals surface area contributed by atoms with Gasteiger partial charge in [0, 0.05) is 18.7 Å². The Balaban J connectivity index is 2.48. The normalized spacial score (nSPS) is 12.6. The van der Waals surface area contributed by atoms with E-state index in [4.69, 9.17) is 16.3 Å². The maximum Gasteiger partial charge on any atom is 0.0462 e. The zero-order valence-electron chi connectivity index (χ0n) is 11.4. The Hall–Kier alpha value is -0.570. The highest BCUT2D eigenvalue weighted by atomic mass is 35.5. The van der Waals surface area contributed by atoms with Crippen molar-refractivity contribution in [2.24, 2.45) is 5.92 Å². The van der Waals surface area contributed by atoms with E-state index in [-0.39, 0.29) is 0 Å². The number of nitrogens with one attached hydrogen (secondary N) is 1. The monoisotopic (exact) mass is 269 g/mol. The van der Waals surface area contributed by atoms with Gasteiger partial charge in [-0.15, -0.1) is 0 Å². The molecule has 0 saturated heterocycles. The molecule has 102 valence electrons. The van der Waals surface area contributed by atoms with Gasteiger partial charge in [0.1, 0.15) is 0 Å². The van der Waals surface area contributed by atoms with E-state index in [2.05, 4.69) is 24.4 Å². The van der Waals surface area contributed by atoms with Gasteiger partial charge in [0.15, 0.2) is 0 Å². The van der Waals surface area contributed by atoms with Gasteiger partial charge < -0.3 is 10.1 Å². The molecule has 0 heterocycles. The SMILES string of the molecule is CCNCC(CCCOC)Cc1cccc(Cl)c1. The van der Waals surface area contributed by atoms with Crippen LogP contribution in [0, 0.1) is 5.92 Å². The predicted octanol–water partition coefficient (Wildman–Crippen LogP) is 3.53. The lowest BCUT2D eigenvalue weighted by atomic mass is 9.95. The summed E-state index contributed by atoms with van der Waals surface area (Å²) in [6, 6.07) is 8.17. The van der Waals surface area contributed by atoms with E-state index in [9.17, 15) is 0 Å². The minimum Gasteiger partial charge on any atom is -0.385 e. The van der Waals surface area contributed by atoms with E-state index in [0.29, 0.717) is 5.92 Å². The van der Waals surface area contributed by atoms with E-state index in [1.54, 1.807) is 7.11 Å². The fraction of sp³-hybridized carbons (Fsp3) is 0.600. The average Bonchev–Trinajstić information content (AvgIpc) is 2.36. The third-order valence-corrected chi connectivity index (χ3v) is 3.29. The van der Waals surface area contributed by atoms with Crippen LogP contribution in [-0.2, 0) is 11.2 Å². The summed E-state index contributed by atoms with van der Waals surface area (Å²) in [6.45, 7) is 5.08. The predicted molar refractivity (Wildman–Crippen MR) is 78.3 cm³/mol. The number of ether oxygens (including phenoxy) is 1. The molecule has 0 saturated carbocycles. The molecule has 0 amide bonds. The zero-order valence-corrected chi connectivity index (χ0v) is 12.2. The first-order chi connectivity index (χ1) is 8.76. The van der Waals surface area contributed by atoms with Gasteiger partial charge in [0.2, 0.25) is 0 Å². The summed E-state index contributed by atoms with van der Waals surface area (Å²) in [7, 11) is 1.76. The lowest BCUT2D eigenvalue weighted by molar-refractivity contribution is 0.186. The highest BCUT2D eigenvalue weighted by Gasteiger charge is 2.09. The van der Waals surface area contributed by atoms with Crippen LogP contribution >= 0.6 is 11.6 Å². The molecule has 3 heteroatoms. The van der Waals surface area contributed by atoms with E-state index in [0.717, 1.165) is 37.6 Å². The fourth-order valence-corrected chi connectivity index (χ4v) is 2.35. The first-order valence-corrected chi connectivity index (χ1v) is 7.08. The summed E-state index contributed by atoms with van der Waals surface area (Å²) >= 11 is 6.02. The summed E-state index contributed by atoms with van der Waals surface area (Å²) < 4.78 is 5.12. The Labute approximate surface area is 116 Å². The van der Waals surface area contributed by atoms with Gasteiger partial charge in [-0.3, -0.25) is 0 Å². The minimum atomic E-state index is 0.651. The molecule has 1 aromatic rings. The van der Waals surface area contributed by atoms with E-state index in [1.807, 2.05) is 12.1 Å². The largest absolute Gasteiger partial charge is 0.385 e. The molecule has 0 bridgehead atoms. The van der Waals surface area contributed by atoms with Crippen LogP contribution in [-0.4, -0.2) is 26.8 Å². The number of hydrogen-bond acceptors (Lipinski definition) is 2. The molecular formula is C15H24ClNO. The second kappa shape index (κ2) is 9.37. The number of halogens is 1. The molecule has 0 spiro atoms. The molecule has 2 nitrogen and oxygen atoms in total. The number of hydrogen-bond donors (Lipinski definition) is 1. The third kappa shape index (κ3) is 6.39. The van der Waals surface area contributed by atoms with Gasteiger partial charge in [0.05, 0.1) is 0 Å². The van der Waals surface area contributed by atoms with Gasteiger partial charge in [0.25, 0.3) is 0 Å². The maximum absolute atomic E-state index is 6.02. The average molecular weight is 270 g/mol. The number of methoxy groups -OCH3 is 1. The second-order valence-electron chi connectivity index (χ2n) is 4.64. The summed E-state index contributed by atoms with van der Waals surface area (Å²) in [6.07, 6.45) is 3.39. The summed E-state index contributed by atoms with van der Waals surface area (Å²) in [5.74, 6) is 0.651. The third-order valence-electron chi connectivity index (χ3n) is 3.06. The Bertz CT molecular complexity index is 330. The lowest BCUT2D eigenvalue weighted by Crippen LogP contribution is -2.24. The van der Waals surface area contributed by atoms with Crippen LogP contribution in [0.2, 0.25) is 5.02 Å². The zero-order chi connectivity index (χ0) is 13.2. The first kappa shape index (κ1) is 15.5. The van der Waals surface area contributed by atoms with E-state index < -0.39 is 0 Å². The molecule has 0 aromatic heterocycles. The minimum absolute atomic E-state index is 0.651. The van der Waals surface area contributed by atoms with Crippen molar-refractivity contribution in [2.75, 3.05) is 26.8 Å². The Morgan fingerprint density at radius 1 is 1.39 bits per heavy atom. The van der Waals surface area contributed by atoms with Crippen LogP contribution in [0.1, 0.15) is 25.3 Å². The van der Waals surface area contributed by atoms with Crippen molar-refractivity contribution in [1.82, 2.24) is 5.32 Å². The smallest absolute Gasteiger partial charge is 0.0462 e. The Kier molecular flexibility index (Phi) is 8.06. The van der Waals surface area contributed by atoms with E-state index >= 15 is 0 Å².